The van der Waals surface area contributed by atoms with Crippen LogP contribution in [0.15, 0.2) is 0 Å². The molecule has 0 amide bonds. The largest absolute Gasteiger partial charge is 0.364 e. The standard InChI is InChI=1S/C9H15NO/c1-4-9-7-8(2)10(3)5-6-11-9/h1,8-9H,5-7H2,2-3H3/t8-,9+/m1/s1. The van der Waals surface area contributed by atoms with Crippen molar-refractivity contribution in [1.82, 2.24) is 4.90 Å². The Bertz CT molecular complexity index is 161. The summed E-state index contributed by atoms with van der Waals surface area (Å²) in [5, 5.41) is 0. The Kier molecular flexibility index (Phi) is 2.92. The van der Waals surface area contributed by atoms with Gasteiger partial charge in [-0.3, -0.25) is 0 Å². The highest BCUT2D eigenvalue weighted by Gasteiger charge is 2.18. The number of likely N-dealkylation sites (N-methyl/N-ethyl adjacent to an activating group) is 1. The number of nitrogens with zero attached hydrogens (tertiary/aromatic N) is 1. The Hall–Kier alpha value is -0.520. The molecule has 0 radical (unpaired) electrons. The lowest BCUT2D eigenvalue weighted by Gasteiger charge is -2.20. The third-order valence-corrected chi connectivity index (χ3v) is 2.26. The van der Waals surface area contributed by atoms with Gasteiger partial charge in [0.2, 0.25) is 0 Å². The second-order valence-electron chi connectivity index (χ2n) is 3.09. The van der Waals surface area contributed by atoms with E-state index in [2.05, 4.69) is 24.8 Å². The quantitative estimate of drug-likeness (QED) is 0.476. The minimum absolute atomic E-state index is 0.0231. The first-order chi connectivity index (χ1) is 5.24. The molecule has 2 nitrogen and oxygen atoms in total. The molecule has 0 saturated carbocycles. The summed E-state index contributed by atoms with van der Waals surface area (Å²) in [6.45, 7) is 3.92. The van der Waals surface area contributed by atoms with Crippen LogP contribution in [0.3, 0.4) is 0 Å². The fraction of sp³-hybridized carbons (Fsp3) is 0.778. The van der Waals surface area contributed by atoms with Crippen molar-refractivity contribution >= 4 is 0 Å². The lowest BCUT2D eigenvalue weighted by molar-refractivity contribution is 0.101. The van der Waals surface area contributed by atoms with Crippen LogP contribution in [0.4, 0.5) is 0 Å². The van der Waals surface area contributed by atoms with Crippen LogP contribution in [0.1, 0.15) is 13.3 Å². The first-order valence-corrected chi connectivity index (χ1v) is 4.02. The van der Waals surface area contributed by atoms with Gasteiger partial charge in [-0.1, -0.05) is 5.92 Å². The molecular formula is C9H15NO. The van der Waals surface area contributed by atoms with E-state index in [1.54, 1.807) is 0 Å². The Morgan fingerprint density at radius 2 is 2.36 bits per heavy atom. The van der Waals surface area contributed by atoms with Crippen molar-refractivity contribution in [3.05, 3.63) is 0 Å². The van der Waals surface area contributed by atoms with Gasteiger partial charge < -0.3 is 9.64 Å². The minimum Gasteiger partial charge on any atom is -0.364 e. The van der Waals surface area contributed by atoms with Crippen LogP contribution < -0.4 is 0 Å². The van der Waals surface area contributed by atoms with Gasteiger partial charge in [0.15, 0.2) is 0 Å². The zero-order valence-corrected chi connectivity index (χ0v) is 7.21. The molecule has 2 heteroatoms. The predicted octanol–water partition coefficient (Wildman–Crippen LogP) is 0.729. The first-order valence-electron chi connectivity index (χ1n) is 4.02. The van der Waals surface area contributed by atoms with Crippen LogP contribution in [-0.2, 0) is 4.74 Å². The van der Waals surface area contributed by atoms with Gasteiger partial charge in [0.25, 0.3) is 0 Å². The van der Waals surface area contributed by atoms with E-state index >= 15 is 0 Å². The fourth-order valence-electron chi connectivity index (χ4n) is 1.23. The van der Waals surface area contributed by atoms with Crippen molar-refractivity contribution in [2.45, 2.75) is 25.5 Å². The number of rotatable bonds is 0. The SMILES string of the molecule is C#C[C@H]1C[C@@H](C)N(C)CCO1. The second kappa shape index (κ2) is 3.75. The summed E-state index contributed by atoms with van der Waals surface area (Å²) >= 11 is 0. The molecule has 11 heavy (non-hydrogen) atoms. The van der Waals surface area contributed by atoms with Gasteiger partial charge in [0.1, 0.15) is 6.10 Å². The predicted molar refractivity (Wildman–Crippen MR) is 45.3 cm³/mol. The van der Waals surface area contributed by atoms with Crippen LogP contribution in [0.5, 0.6) is 0 Å². The van der Waals surface area contributed by atoms with Gasteiger partial charge in [-0.05, 0) is 14.0 Å². The summed E-state index contributed by atoms with van der Waals surface area (Å²) in [7, 11) is 2.10. The fourth-order valence-corrected chi connectivity index (χ4v) is 1.23. The summed E-state index contributed by atoms with van der Waals surface area (Å²) in [6, 6.07) is 0.540. The van der Waals surface area contributed by atoms with Crippen molar-refractivity contribution in [3.8, 4) is 12.3 Å². The van der Waals surface area contributed by atoms with E-state index in [1.807, 2.05) is 0 Å². The van der Waals surface area contributed by atoms with Crippen molar-refractivity contribution in [2.75, 3.05) is 20.2 Å². The molecule has 0 bridgehead atoms. The highest BCUT2D eigenvalue weighted by atomic mass is 16.5. The topological polar surface area (TPSA) is 12.5 Å². The second-order valence-corrected chi connectivity index (χ2v) is 3.09. The van der Waals surface area contributed by atoms with E-state index in [0.29, 0.717) is 6.04 Å². The molecule has 0 spiro atoms. The lowest BCUT2D eigenvalue weighted by atomic mass is 10.1. The van der Waals surface area contributed by atoms with Gasteiger partial charge in [0.05, 0.1) is 6.61 Å². The first kappa shape index (κ1) is 8.58. The highest BCUT2D eigenvalue weighted by molar-refractivity contribution is 4.97. The Morgan fingerprint density at radius 3 is 3.00 bits per heavy atom. The molecular weight excluding hydrogens is 138 g/mol. The van der Waals surface area contributed by atoms with Crippen LogP contribution in [0.25, 0.3) is 0 Å². The molecule has 1 aliphatic heterocycles. The molecule has 62 valence electrons. The maximum atomic E-state index is 5.42. The molecule has 1 saturated heterocycles. The Morgan fingerprint density at radius 1 is 1.64 bits per heavy atom. The average molecular weight is 153 g/mol. The minimum atomic E-state index is 0.0231. The lowest BCUT2D eigenvalue weighted by Crippen LogP contribution is -2.30. The van der Waals surface area contributed by atoms with Crippen LogP contribution in [0, 0.1) is 12.3 Å². The van der Waals surface area contributed by atoms with Gasteiger partial charge in [-0.15, -0.1) is 6.42 Å². The monoisotopic (exact) mass is 153 g/mol. The van der Waals surface area contributed by atoms with Crippen LogP contribution >= 0.6 is 0 Å². The third kappa shape index (κ3) is 2.21. The molecule has 0 unspecified atom stereocenters. The van der Waals surface area contributed by atoms with Crippen molar-refractivity contribution in [1.29, 1.82) is 0 Å². The summed E-state index contributed by atoms with van der Waals surface area (Å²) in [5.74, 6) is 2.65. The smallest absolute Gasteiger partial charge is 0.119 e. The Labute approximate surface area is 68.5 Å². The number of terminal acetylenes is 1. The van der Waals surface area contributed by atoms with Gasteiger partial charge in [0, 0.05) is 19.0 Å². The Balaban J connectivity index is 2.49. The third-order valence-electron chi connectivity index (χ3n) is 2.26. The summed E-state index contributed by atoms with van der Waals surface area (Å²) in [5.41, 5.74) is 0. The van der Waals surface area contributed by atoms with Crippen molar-refractivity contribution < 1.29 is 4.74 Å². The van der Waals surface area contributed by atoms with Gasteiger partial charge >= 0.3 is 0 Å². The molecule has 0 N–H and O–H groups in total. The van der Waals surface area contributed by atoms with E-state index < -0.39 is 0 Å². The molecule has 1 aliphatic rings. The zero-order valence-electron chi connectivity index (χ0n) is 7.21. The van der Waals surface area contributed by atoms with Crippen LogP contribution in [-0.4, -0.2) is 37.2 Å². The summed E-state index contributed by atoms with van der Waals surface area (Å²) < 4.78 is 5.42. The molecule has 0 aromatic rings. The molecule has 2 atom stereocenters. The number of hydrogen-bond donors (Lipinski definition) is 0. The van der Waals surface area contributed by atoms with Crippen molar-refractivity contribution in [3.63, 3.8) is 0 Å². The summed E-state index contributed by atoms with van der Waals surface area (Å²) in [4.78, 5) is 2.28. The van der Waals surface area contributed by atoms with Crippen LogP contribution in [0.2, 0.25) is 0 Å². The maximum absolute atomic E-state index is 5.42. The van der Waals surface area contributed by atoms with Gasteiger partial charge in [-0.2, -0.15) is 0 Å². The van der Waals surface area contributed by atoms with E-state index in [1.165, 1.54) is 0 Å². The van der Waals surface area contributed by atoms with Gasteiger partial charge in [-0.25, -0.2) is 0 Å². The number of ether oxygens (including phenoxy) is 1. The average Bonchev–Trinajstić information content (AvgIpc) is 2.15. The molecule has 1 heterocycles. The number of hydrogen-bond acceptors (Lipinski definition) is 2. The van der Waals surface area contributed by atoms with E-state index in [0.717, 1.165) is 19.6 Å². The van der Waals surface area contributed by atoms with E-state index in [9.17, 15) is 0 Å². The molecule has 1 rings (SSSR count). The maximum Gasteiger partial charge on any atom is 0.119 e. The molecule has 0 aliphatic carbocycles. The summed E-state index contributed by atoms with van der Waals surface area (Å²) in [6.07, 6.45) is 6.26. The normalized spacial score (nSPS) is 34.3. The van der Waals surface area contributed by atoms with E-state index in [4.69, 9.17) is 11.2 Å². The highest BCUT2D eigenvalue weighted by Crippen LogP contribution is 2.11. The molecule has 0 aromatic carbocycles. The van der Waals surface area contributed by atoms with E-state index in [-0.39, 0.29) is 6.10 Å². The zero-order chi connectivity index (χ0) is 8.27. The van der Waals surface area contributed by atoms with Crippen molar-refractivity contribution in [2.24, 2.45) is 0 Å². The molecule has 0 aromatic heterocycles. The molecule has 1 fully saturated rings.